The van der Waals surface area contributed by atoms with E-state index in [-0.39, 0.29) is 11.6 Å². The third kappa shape index (κ3) is 3.18. The molecule has 5 nitrogen and oxygen atoms in total. The lowest BCUT2D eigenvalue weighted by atomic mass is 10.2. The molecule has 0 radical (unpaired) electrons. The number of nitrogens with zero attached hydrogens (tertiary/aromatic N) is 1. The molecule has 3 aromatic rings. The van der Waals surface area contributed by atoms with E-state index >= 15 is 0 Å². The highest BCUT2D eigenvalue weighted by Gasteiger charge is 2.41. The van der Waals surface area contributed by atoms with Crippen LogP contribution in [0.25, 0.3) is 5.57 Å². The Morgan fingerprint density at radius 3 is 2.39 bits per heavy atom. The van der Waals surface area contributed by atoms with Gasteiger partial charge in [0.15, 0.2) is 0 Å². The third-order valence-corrected chi connectivity index (χ3v) is 5.19. The van der Waals surface area contributed by atoms with E-state index in [4.69, 9.17) is 4.74 Å². The maximum Gasteiger partial charge on any atom is 0.282 e. The molecule has 1 aliphatic heterocycles. The van der Waals surface area contributed by atoms with Crippen molar-refractivity contribution >= 4 is 40.1 Å². The summed E-state index contributed by atoms with van der Waals surface area (Å²) in [6.07, 6.45) is 0. The van der Waals surface area contributed by atoms with Crippen LogP contribution in [0, 0.1) is 0 Å². The van der Waals surface area contributed by atoms with Gasteiger partial charge in [0.25, 0.3) is 11.8 Å². The number of nitrogens with one attached hydrogen (secondary N) is 1. The highest BCUT2D eigenvalue weighted by Crippen LogP contribution is 2.38. The first-order chi connectivity index (χ1) is 13.7. The van der Waals surface area contributed by atoms with Crippen molar-refractivity contribution in [3.63, 3.8) is 0 Å². The van der Waals surface area contributed by atoms with E-state index in [0.29, 0.717) is 23.6 Å². The Balaban J connectivity index is 1.80. The lowest BCUT2D eigenvalue weighted by Gasteiger charge is -2.18. The van der Waals surface area contributed by atoms with E-state index < -0.39 is 5.91 Å². The van der Waals surface area contributed by atoms with Gasteiger partial charge in [0.05, 0.1) is 17.9 Å². The molecule has 140 valence electrons. The summed E-state index contributed by atoms with van der Waals surface area (Å²) in [4.78, 5) is 28.6. The number of para-hydroxylation sites is 3. The Hall–Kier alpha value is -3.38. The van der Waals surface area contributed by atoms with E-state index in [0.717, 1.165) is 10.6 Å². The molecule has 28 heavy (non-hydrogen) atoms. The predicted octanol–water partition coefficient (Wildman–Crippen LogP) is 4.54. The summed E-state index contributed by atoms with van der Waals surface area (Å²) in [5.74, 6) is -0.263. The van der Waals surface area contributed by atoms with Crippen LogP contribution in [0.3, 0.4) is 0 Å². The van der Waals surface area contributed by atoms with Gasteiger partial charge in [0, 0.05) is 10.6 Å². The minimum atomic E-state index is -0.399. The SMILES string of the molecule is CCOc1ccccc1N1C(=O)C(Nc2ccccc2)=C(c2cccs2)C1=O. The Bertz CT molecular complexity index is 1040. The summed E-state index contributed by atoms with van der Waals surface area (Å²) in [6, 6.07) is 20.1. The van der Waals surface area contributed by atoms with Gasteiger partial charge in [-0.1, -0.05) is 36.4 Å². The van der Waals surface area contributed by atoms with Gasteiger partial charge in [0.2, 0.25) is 0 Å². The van der Waals surface area contributed by atoms with Crippen molar-refractivity contribution in [1.82, 2.24) is 0 Å². The van der Waals surface area contributed by atoms with Gasteiger partial charge in [-0.05, 0) is 42.6 Å². The van der Waals surface area contributed by atoms with Gasteiger partial charge in [-0.2, -0.15) is 0 Å². The van der Waals surface area contributed by atoms with E-state index in [2.05, 4.69) is 5.32 Å². The number of amides is 2. The maximum absolute atomic E-state index is 13.3. The van der Waals surface area contributed by atoms with Crippen LogP contribution in [0.4, 0.5) is 11.4 Å². The summed E-state index contributed by atoms with van der Waals surface area (Å²) in [7, 11) is 0. The van der Waals surface area contributed by atoms with Gasteiger partial charge in [-0.25, -0.2) is 4.90 Å². The first kappa shape index (κ1) is 18.0. The number of ether oxygens (including phenoxy) is 1. The molecule has 0 atom stereocenters. The van der Waals surface area contributed by atoms with Crippen LogP contribution in [0.15, 0.2) is 77.8 Å². The quantitative estimate of drug-likeness (QED) is 0.628. The second kappa shape index (κ2) is 7.70. The summed E-state index contributed by atoms with van der Waals surface area (Å²) in [5, 5.41) is 5.03. The number of benzene rings is 2. The monoisotopic (exact) mass is 390 g/mol. The Labute approximate surface area is 166 Å². The van der Waals surface area contributed by atoms with Crippen LogP contribution >= 0.6 is 11.3 Å². The molecular weight excluding hydrogens is 372 g/mol. The largest absolute Gasteiger partial charge is 0.492 e. The average Bonchev–Trinajstić information content (AvgIpc) is 3.31. The number of hydrogen-bond acceptors (Lipinski definition) is 5. The molecule has 0 bridgehead atoms. The number of thiophene rings is 1. The number of hydrogen-bond donors (Lipinski definition) is 1. The molecule has 0 saturated carbocycles. The van der Waals surface area contributed by atoms with Gasteiger partial charge in [-0.15, -0.1) is 11.3 Å². The highest BCUT2D eigenvalue weighted by molar-refractivity contribution is 7.11. The lowest BCUT2D eigenvalue weighted by Crippen LogP contribution is -2.32. The molecule has 2 heterocycles. The summed E-state index contributed by atoms with van der Waals surface area (Å²) >= 11 is 1.42. The molecule has 2 amide bonds. The van der Waals surface area contributed by atoms with Crippen molar-refractivity contribution in [3.8, 4) is 5.75 Å². The van der Waals surface area contributed by atoms with Crippen molar-refractivity contribution in [3.05, 3.63) is 82.7 Å². The van der Waals surface area contributed by atoms with E-state index in [1.54, 1.807) is 18.2 Å². The number of imide groups is 1. The third-order valence-electron chi connectivity index (χ3n) is 4.30. The molecule has 0 spiro atoms. The van der Waals surface area contributed by atoms with Gasteiger partial charge >= 0.3 is 0 Å². The fourth-order valence-electron chi connectivity index (χ4n) is 3.10. The molecule has 0 fully saturated rings. The number of anilines is 2. The zero-order chi connectivity index (χ0) is 19.5. The van der Waals surface area contributed by atoms with Crippen LogP contribution in [0.1, 0.15) is 11.8 Å². The van der Waals surface area contributed by atoms with Crippen molar-refractivity contribution in [2.75, 3.05) is 16.8 Å². The van der Waals surface area contributed by atoms with Crippen LogP contribution in [0.2, 0.25) is 0 Å². The Morgan fingerprint density at radius 2 is 1.68 bits per heavy atom. The van der Waals surface area contributed by atoms with Crippen LogP contribution < -0.4 is 15.0 Å². The molecule has 4 rings (SSSR count). The zero-order valence-electron chi connectivity index (χ0n) is 15.2. The smallest absolute Gasteiger partial charge is 0.282 e. The second-order valence-corrected chi connectivity index (χ2v) is 7.01. The molecule has 1 aromatic heterocycles. The summed E-state index contributed by atoms with van der Waals surface area (Å²) < 4.78 is 5.64. The molecule has 0 saturated heterocycles. The predicted molar refractivity (Wildman–Crippen MR) is 111 cm³/mol. The lowest BCUT2D eigenvalue weighted by molar-refractivity contribution is -0.120. The van der Waals surface area contributed by atoms with E-state index in [9.17, 15) is 9.59 Å². The first-order valence-electron chi connectivity index (χ1n) is 8.91. The standard InChI is InChI=1S/C22H18N2O3S/c1-2-27-17-12-7-6-11-16(17)24-21(25)19(18-13-8-14-28-18)20(22(24)26)23-15-9-4-3-5-10-15/h3-14,23H,2H2,1H3. The van der Waals surface area contributed by atoms with Gasteiger partial charge < -0.3 is 10.1 Å². The molecule has 6 heteroatoms. The average molecular weight is 390 g/mol. The first-order valence-corrected chi connectivity index (χ1v) is 9.79. The van der Waals surface area contributed by atoms with Crippen molar-refractivity contribution in [1.29, 1.82) is 0 Å². The zero-order valence-corrected chi connectivity index (χ0v) is 16.0. The number of carbonyl (C=O) groups excluding carboxylic acids is 2. The molecule has 1 N–H and O–H groups in total. The number of rotatable bonds is 6. The fraction of sp³-hybridized carbons (Fsp3) is 0.0909. The fourth-order valence-corrected chi connectivity index (χ4v) is 3.87. The summed E-state index contributed by atoms with van der Waals surface area (Å²) in [5.41, 5.74) is 1.83. The summed E-state index contributed by atoms with van der Waals surface area (Å²) in [6.45, 7) is 2.30. The van der Waals surface area contributed by atoms with Crippen LogP contribution in [0.5, 0.6) is 5.75 Å². The van der Waals surface area contributed by atoms with E-state index in [1.165, 1.54) is 16.2 Å². The second-order valence-electron chi connectivity index (χ2n) is 6.06. The van der Waals surface area contributed by atoms with Crippen molar-refractivity contribution in [2.45, 2.75) is 6.92 Å². The van der Waals surface area contributed by atoms with Crippen LogP contribution in [-0.2, 0) is 9.59 Å². The molecule has 0 aliphatic carbocycles. The topological polar surface area (TPSA) is 58.6 Å². The van der Waals surface area contributed by atoms with Gasteiger partial charge in [-0.3, -0.25) is 9.59 Å². The normalized spacial score (nSPS) is 14.0. The van der Waals surface area contributed by atoms with Crippen LogP contribution in [-0.4, -0.2) is 18.4 Å². The minimum Gasteiger partial charge on any atom is -0.492 e. The van der Waals surface area contributed by atoms with Crippen molar-refractivity contribution < 1.29 is 14.3 Å². The number of carbonyl (C=O) groups is 2. The van der Waals surface area contributed by atoms with Gasteiger partial charge in [0.1, 0.15) is 11.4 Å². The highest BCUT2D eigenvalue weighted by atomic mass is 32.1. The maximum atomic E-state index is 13.3. The molecule has 1 aliphatic rings. The molecule has 0 unspecified atom stereocenters. The molecule has 2 aromatic carbocycles. The minimum absolute atomic E-state index is 0.268. The Morgan fingerprint density at radius 1 is 0.929 bits per heavy atom. The van der Waals surface area contributed by atoms with E-state index in [1.807, 2.05) is 60.8 Å². The van der Waals surface area contributed by atoms with Crippen molar-refractivity contribution in [2.24, 2.45) is 0 Å². The Kier molecular flexibility index (Phi) is 4.95. The molecular formula is C22H18N2O3S.